The van der Waals surface area contributed by atoms with Crippen LogP contribution in [0.3, 0.4) is 0 Å². The Morgan fingerprint density at radius 1 is 1.31 bits per heavy atom. The number of esters is 1. The molecule has 1 aromatic carbocycles. The number of unbranched alkanes of at least 4 members (excludes halogenated alkanes) is 1. The van der Waals surface area contributed by atoms with E-state index in [1.165, 1.54) is 24.3 Å². The zero-order valence-corrected chi connectivity index (χ0v) is 9.08. The molecule has 1 rings (SSSR count). The molecule has 0 aromatic heterocycles. The van der Waals surface area contributed by atoms with Crippen LogP contribution < -0.4 is 0 Å². The lowest BCUT2D eigenvalue weighted by Gasteiger charge is -2.15. The Balaban J connectivity index is 2.66. The number of carbonyl (C=O) groups excluding carboxylic acids is 1. The second-order valence-electron chi connectivity index (χ2n) is 3.43. The Bertz CT molecular complexity index is 336. The fraction of sp³-hybridized carbons (Fsp3) is 0.417. The minimum absolute atomic E-state index is 0.0394. The normalized spacial score (nSPS) is 11.2. The molecule has 0 spiro atoms. The molecule has 0 aliphatic carbocycles. The van der Waals surface area contributed by atoms with E-state index in [2.05, 4.69) is 4.74 Å². The highest BCUT2D eigenvalue weighted by molar-refractivity contribution is 5.79. The molecule has 16 heavy (non-hydrogen) atoms. The van der Waals surface area contributed by atoms with E-state index in [4.69, 9.17) is 0 Å². The van der Waals surface area contributed by atoms with Gasteiger partial charge in [0, 0.05) is 5.56 Å². The number of rotatable bonds is 5. The van der Waals surface area contributed by atoms with Gasteiger partial charge in [-0.3, -0.25) is 0 Å². The Hall–Kier alpha value is -1.45. The van der Waals surface area contributed by atoms with Crippen molar-refractivity contribution in [3.8, 4) is 0 Å². The third kappa shape index (κ3) is 3.02. The number of halogens is 2. The summed E-state index contributed by atoms with van der Waals surface area (Å²) in [5, 5.41) is 0. The minimum Gasteiger partial charge on any atom is -0.461 e. The van der Waals surface area contributed by atoms with Crippen molar-refractivity contribution in [2.75, 3.05) is 6.61 Å². The molecule has 0 amide bonds. The Morgan fingerprint density at radius 2 is 1.94 bits per heavy atom. The van der Waals surface area contributed by atoms with Gasteiger partial charge in [0.1, 0.15) is 0 Å². The summed E-state index contributed by atoms with van der Waals surface area (Å²) >= 11 is 0. The number of carbonyl (C=O) groups is 1. The van der Waals surface area contributed by atoms with E-state index in [1.807, 2.05) is 6.92 Å². The molecule has 1 aromatic rings. The molecule has 0 N–H and O–H groups in total. The van der Waals surface area contributed by atoms with Crippen LogP contribution in [0, 0.1) is 0 Å². The fourth-order valence-electron chi connectivity index (χ4n) is 1.17. The molecule has 0 fully saturated rings. The minimum atomic E-state index is -3.56. The third-order valence-electron chi connectivity index (χ3n) is 2.12. The molecular weight excluding hydrogens is 214 g/mol. The predicted octanol–water partition coefficient (Wildman–Crippen LogP) is 3.12. The van der Waals surface area contributed by atoms with Crippen molar-refractivity contribution in [3.63, 3.8) is 0 Å². The summed E-state index contributed by atoms with van der Waals surface area (Å²) in [5.41, 5.74) is -0.337. The molecule has 0 radical (unpaired) electrons. The number of benzene rings is 1. The van der Waals surface area contributed by atoms with Gasteiger partial charge in [0.25, 0.3) is 0 Å². The maximum atomic E-state index is 13.5. The average molecular weight is 228 g/mol. The molecule has 4 heteroatoms. The summed E-state index contributed by atoms with van der Waals surface area (Å²) in [7, 11) is 0. The number of alkyl halides is 2. The molecule has 0 aliphatic rings. The molecular formula is C12H14F2O2. The van der Waals surface area contributed by atoms with Crippen LogP contribution in [0.25, 0.3) is 0 Å². The van der Waals surface area contributed by atoms with Crippen molar-refractivity contribution >= 4 is 5.97 Å². The lowest BCUT2D eigenvalue weighted by atomic mass is 10.1. The number of ether oxygens (including phenoxy) is 1. The Morgan fingerprint density at radius 3 is 2.50 bits per heavy atom. The highest BCUT2D eigenvalue weighted by Gasteiger charge is 2.42. The van der Waals surface area contributed by atoms with Crippen LogP contribution in [-0.2, 0) is 15.5 Å². The molecule has 2 nitrogen and oxygen atoms in total. The summed E-state index contributed by atoms with van der Waals surface area (Å²) in [6.45, 7) is 1.93. The monoisotopic (exact) mass is 228 g/mol. The predicted molar refractivity (Wildman–Crippen MR) is 56.2 cm³/mol. The van der Waals surface area contributed by atoms with Crippen LogP contribution in [0.5, 0.6) is 0 Å². The molecule has 0 atom stereocenters. The molecule has 0 aliphatic heterocycles. The second kappa shape index (κ2) is 5.58. The van der Waals surface area contributed by atoms with Crippen LogP contribution in [0.2, 0.25) is 0 Å². The molecule has 0 unspecified atom stereocenters. The van der Waals surface area contributed by atoms with Gasteiger partial charge in [-0.1, -0.05) is 43.7 Å². The highest BCUT2D eigenvalue weighted by atomic mass is 19.3. The fourth-order valence-corrected chi connectivity index (χ4v) is 1.17. The van der Waals surface area contributed by atoms with Gasteiger partial charge in [0.2, 0.25) is 0 Å². The number of hydrogen-bond acceptors (Lipinski definition) is 2. The van der Waals surface area contributed by atoms with Gasteiger partial charge in [-0.2, -0.15) is 8.78 Å². The maximum absolute atomic E-state index is 13.5. The standard InChI is InChI=1S/C12H14F2O2/c1-2-3-9-16-11(15)12(13,14)10-7-5-4-6-8-10/h4-8H,2-3,9H2,1H3. The van der Waals surface area contributed by atoms with Gasteiger partial charge in [0.15, 0.2) is 0 Å². The van der Waals surface area contributed by atoms with E-state index < -0.39 is 11.9 Å². The maximum Gasteiger partial charge on any atom is 0.381 e. The summed E-state index contributed by atoms with van der Waals surface area (Å²) < 4.78 is 31.5. The van der Waals surface area contributed by atoms with E-state index in [1.54, 1.807) is 6.07 Å². The quantitative estimate of drug-likeness (QED) is 0.571. The average Bonchev–Trinajstić information content (AvgIpc) is 2.30. The van der Waals surface area contributed by atoms with Crippen molar-refractivity contribution in [1.82, 2.24) is 0 Å². The molecule has 0 heterocycles. The van der Waals surface area contributed by atoms with Gasteiger partial charge in [0.05, 0.1) is 6.61 Å². The van der Waals surface area contributed by atoms with Crippen molar-refractivity contribution in [3.05, 3.63) is 35.9 Å². The zero-order valence-electron chi connectivity index (χ0n) is 9.08. The van der Waals surface area contributed by atoms with Crippen LogP contribution in [0.4, 0.5) is 8.78 Å². The Kier molecular flexibility index (Phi) is 4.40. The summed E-state index contributed by atoms with van der Waals surface area (Å²) in [6.07, 6.45) is 1.39. The highest BCUT2D eigenvalue weighted by Crippen LogP contribution is 2.29. The largest absolute Gasteiger partial charge is 0.461 e. The van der Waals surface area contributed by atoms with E-state index >= 15 is 0 Å². The van der Waals surface area contributed by atoms with E-state index in [0.29, 0.717) is 6.42 Å². The van der Waals surface area contributed by atoms with Gasteiger partial charge in [-0.25, -0.2) is 4.79 Å². The first-order valence-corrected chi connectivity index (χ1v) is 5.19. The van der Waals surface area contributed by atoms with Crippen LogP contribution in [0.15, 0.2) is 30.3 Å². The summed E-state index contributed by atoms with van der Waals surface area (Å²) in [5.74, 6) is -5.04. The first kappa shape index (κ1) is 12.6. The first-order valence-electron chi connectivity index (χ1n) is 5.19. The van der Waals surface area contributed by atoms with Gasteiger partial charge >= 0.3 is 11.9 Å². The SMILES string of the molecule is CCCCOC(=O)C(F)(F)c1ccccc1. The van der Waals surface area contributed by atoms with Crippen LogP contribution in [0.1, 0.15) is 25.3 Å². The van der Waals surface area contributed by atoms with Crippen LogP contribution >= 0.6 is 0 Å². The molecule has 88 valence electrons. The topological polar surface area (TPSA) is 26.3 Å². The van der Waals surface area contributed by atoms with Crippen molar-refractivity contribution in [1.29, 1.82) is 0 Å². The van der Waals surface area contributed by atoms with E-state index in [0.717, 1.165) is 6.42 Å². The van der Waals surface area contributed by atoms with E-state index in [-0.39, 0.29) is 12.2 Å². The van der Waals surface area contributed by atoms with Gasteiger partial charge in [-0.15, -0.1) is 0 Å². The lowest BCUT2D eigenvalue weighted by molar-refractivity contribution is -0.173. The van der Waals surface area contributed by atoms with Gasteiger partial charge < -0.3 is 4.74 Å². The molecule has 0 saturated heterocycles. The lowest BCUT2D eigenvalue weighted by Crippen LogP contribution is -2.28. The van der Waals surface area contributed by atoms with Gasteiger partial charge in [-0.05, 0) is 6.42 Å². The third-order valence-corrected chi connectivity index (χ3v) is 2.12. The van der Waals surface area contributed by atoms with Crippen molar-refractivity contribution < 1.29 is 18.3 Å². The summed E-state index contributed by atoms with van der Waals surface area (Å²) in [4.78, 5) is 11.2. The molecule has 0 bridgehead atoms. The number of hydrogen-bond donors (Lipinski definition) is 0. The Labute approximate surface area is 93.2 Å². The smallest absolute Gasteiger partial charge is 0.381 e. The van der Waals surface area contributed by atoms with E-state index in [9.17, 15) is 13.6 Å². The van der Waals surface area contributed by atoms with Crippen molar-refractivity contribution in [2.24, 2.45) is 0 Å². The zero-order chi connectivity index (χ0) is 12.0. The second-order valence-corrected chi connectivity index (χ2v) is 3.43. The summed E-state index contributed by atoms with van der Waals surface area (Å²) in [6, 6.07) is 6.95. The van der Waals surface area contributed by atoms with Crippen molar-refractivity contribution in [2.45, 2.75) is 25.7 Å². The first-order chi connectivity index (χ1) is 7.59. The molecule has 0 saturated carbocycles. The van der Waals surface area contributed by atoms with Crippen LogP contribution in [-0.4, -0.2) is 12.6 Å².